The molecule has 2 amide bonds. The zero-order chi connectivity index (χ0) is 44.8. The van der Waals surface area contributed by atoms with Crippen LogP contribution in [0.2, 0.25) is 0 Å². The topological polar surface area (TPSA) is 208 Å². The Labute approximate surface area is 354 Å². The number of halogens is 3. The fraction of sp³-hybridized carbons (Fsp3) is 0.558. The number of nitrogens with one attached hydrogen (secondary N) is 2. The minimum Gasteiger partial charge on any atom is -0.460 e. The van der Waals surface area contributed by atoms with Gasteiger partial charge < -0.3 is 44.5 Å². The molecule has 2 aromatic rings. The molecule has 1 spiro atoms. The molecule has 0 unspecified atom stereocenters. The Kier molecular flexibility index (Phi) is 12.6. The highest BCUT2D eigenvalue weighted by atomic mass is 19.4. The first-order valence-electron chi connectivity index (χ1n) is 20.4. The normalized spacial score (nSPS) is 27.5. The van der Waals surface area contributed by atoms with E-state index < -0.39 is 115 Å². The molecule has 5 aliphatic rings. The SMILES string of the molecule is C[C@H](O)[C@@H](NC(=O)[C@@]12C[C@H]3OC(=O)[C@@H]1N(Cc1ccc(C=CC(=O)OCC(F)(F)F)cc1)O[C@@H]2[C@H]1OC2(Cc4ccccc4C2)O[C@H]13)C(=O)N[C@H](CO)CCC(=O)OC(C)(C)C. The lowest BCUT2D eigenvalue weighted by molar-refractivity contribution is -0.217. The van der Waals surface area contributed by atoms with Gasteiger partial charge in [0.05, 0.1) is 25.3 Å². The summed E-state index contributed by atoms with van der Waals surface area (Å²) in [6.45, 7) is 4.04. The number of aliphatic hydroxyl groups is 2. The van der Waals surface area contributed by atoms with E-state index in [-0.39, 0.29) is 25.8 Å². The molecule has 62 heavy (non-hydrogen) atoms. The molecule has 16 nitrogen and oxygen atoms in total. The number of amides is 2. The highest BCUT2D eigenvalue weighted by Crippen LogP contribution is 2.58. The van der Waals surface area contributed by atoms with Gasteiger partial charge in [0.25, 0.3) is 0 Å². The summed E-state index contributed by atoms with van der Waals surface area (Å²) in [6.07, 6.45) is -7.35. The van der Waals surface area contributed by atoms with Crippen LogP contribution in [0.3, 0.4) is 0 Å². The summed E-state index contributed by atoms with van der Waals surface area (Å²) in [4.78, 5) is 73.6. The number of hydrogen-bond acceptors (Lipinski definition) is 14. The third kappa shape index (κ3) is 9.52. The van der Waals surface area contributed by atoms with Crippen molar-refractivity contribution in [2.45, 2.75) is 133 Å². The average molecular weight is 874 g/mol. The molecule has 3 heterocycles. The number of alkyl halides is 3. The van der Waals surface area contributed by atoms with Gasteiger partial charge in [-0.25, -0.2) is 4.79 Å². The van der Waals surface area contributed by atoms with Gasteiger partial charge in [-0.3, -0.25) is 24.0 Å². The molecule has 4 N–H and O–H groups in total. The zero-order valence-corrected chi connectivity index (χ0v) is 34.5. The first kappa shape index (κ1) is 45.1. The van der Waals surface area contributed by atoms with Crippen molar-refractivity contribution in [3.8, 4) is 0 Å². The Balaban J connectivity index is 1.13. The maximum Gasteiger partial charge on any atom is 0.422 e. The molecule has 0 aromatic heterocycles. The highest BCUT2D eigenvalue weighted by Gasteiger charge is 2.76. The van der Waals surface area contributed by atoms with E-state index in [1.807, 2.05) is 24.3 Å². The number of aliphatic hydroxyl groups excluding tert-OH is 2. The van der Waals surface area contributed by atoms with E-state index in [4.69, 9.17) is 23.8 Å². The Hall–Kier alpha value is -4.92. The van der Waals surface area contributed by atoms with Gasteiger partial charge in [-0.2, -0.15) is 18.2 Å². The lowest BCUT2D eigenvalue weighted by atomic mass is 9.62. The number of hydrogen-bond donors (Lipinski definition) is 4. The summed E-state index contributed by atoms with van der Waals surface area (Å²) < 4.78 is 66.3. The largest absolute Gasteiger partial charge is 0.460 e. The van der Waals surface area contributed by atoms with Crippen LogP contribution in [0, 0.1) is 5.41 Å². The van der Waals surface area contributed by atoms with Crippen molar-refractivity contribution >= 4 is 35.8 Å². The van der Waals surface area contributed by atoms with Crippen LogP contribution in [-0.2, 0) is 71.9 Å². The van der Waals surface area contributed by atoms with E-state index in [0.717, 1.165) is 17.2 Å². The molecule has 4 fully saturated rings. The van der Waals surface area contributed by atoms with Crippen LogP contribution in [0.15, 0.2) is 54.6 Å². The Bertz CT molecular complexity index is 2050. The molecule has 336 valence electrons. The number of carbonyl (C=O) groups is 5. The summed E-state index contributed by atoms with van der Waals surface area (Å²) in [5.41, 5.74) is 0.547. The van der Waals surface area contributed by atoms with Crippen molar-refractivity contribution < 1.29 is 75.9 Å². The second kappa shape index (κ2) is 17.3. The molecule has 2 aromatic carbocycles. The van der Waals surface area contributed by atoms with Crippen molar-refractivity contribution in [1.29, 1.82) is 0 Å². The lowest BCUT2D eigenvalue weighted by Crippen LogP contribution is -2.71. The maximum absolute atomic E-state index is 15.0. The van der Waals surface area contributed by atoms with Gasteiger partial charge in [0.15, 0.2) is 18.4 Å². The molecule has 9 atom stereocenters. The smallest absolute Gasteiger partial charge is 0.422 e. The van der Waals surface area contributed by atoms with E-state index in [2.05, 4.69) is 15.4 Å². The molecule has 19 heteroatoms. The van der Waals surface area contributed by atoms with Crippen molar-refractivity contribution in [2.24, 2.45) is 5.41 Å². The van der Waals surface area contributed by atoms with Gasteiger partial charge in [0.2, 0.25) is 11.8 Å². The number of benzene rings is 2. The van der Waals surface area contributed by atoms with Crippen LogP contribution >= 0.6 is 0 Å². The highest BCUT2D eigenvalue weighted by molar-refractivity contribution is 5.96. The summed E-state index contributed by atoms with van der Waals surface area (Å²) in [7, 11) is 0. The number of nitrogens with zero attached hydrogens (tertiary/aromatic N) is 1. The third-order valence-corrected chi connectivity index (χ3v) is 11.6. The predicted molar refractivity (Wildman–Crippen MR) is 208 cm³/mol. The Morgan fingerprint density at radius 1 is 1.00 bits per heavy atom. The van der Waals surface area contributed by atoms with Gasteiger partial charge in [-0.1, -0.05) is 48.5 Å². The predicted octanol–water partition coefficient (Wildman–Crippen LogP) is 2.35. The maximum atomic E-state index is 15.0. The average Bonchev–Trinajstić information content (AvgIpc) is 3.87. The Morgan fingerprint density at radius 2 is 1.66 bits per heavy atom. The molecule has 3 saturated heterocycles. The van der Waals surface area contributed by atoms with E-state index in [1.165, 1.54) is 18.1 Å². The second-order valence-corrected chi connectivity index (χ2v) is 17.4. The molecular weight excluding hydrogens is 823 g/mol. The molecule has 1 saturated carbocycles. The second-order valence-electron chi connectivity index (χ2n) is 17.4. The lowest BCUT2D eigenvalue weighted by Gasteiger charge is -2.49. The molecule has 2 aliphatic carbocycles. The van der Waals surface area contributed by atoms with Crippen LogP contribution in [0.1, 0.15) is 69.2 Å². The van der Waals surface area contributed by atoms with Gasteiger partial charge in [0.1, 0.15) is 41.5 Å². The van der Waals surface area contributed by atoms with Crippen LogP contribution in [0.4, 0.5) is 13.2 Å². The van der Waals surface area contributed by atoms with E-state index in [1.54, 1.807) is 45.0 Å². The van der Waals surface area contributed by atoms with E-state index >= 15 is 0 Å². The number of hydroxylamine groups is 2. The molecule has 3 aliphatic heterocycles. The van der Waals surface area contributed by atoms with Crippen molar-refractivity contribution in [1.82, 2.24) is 15.7 Å². The number of esters is 3. The monoisotopic (exact) mass is 873 g/mol. The molecule has 7 rings (SSSR count). The van der Waals surface area contributed by atoms with Crippen molar-refractivity contribution in [3.63, 3.8) is 0 Å². The van der Waals surface area contributed by atoms with Gasteiger partial charge in [-0.15, -0.1) is 0 Å². The number of rotatable bonds is 14. The summed E-state index contributed by atoms with van der Waals surface area (Å²) >= 11 is 0. The number of ether oxygens (including phenoxy) is 5. The van der Waals surface area contributed by atoms with Crippen LogP contribution < -0.4 is 10.6 Å². The van der Waals surface area contributed by atoms with Crippen LogP contribution in [0.5, 0.6) is 0 Å². The minimum atomic E-state index is -4.67. The fourth-order valence-corrected chi connectivity index (χ4v) is 8.90. The Morgan fingerprint density at radius 3 is 2.27 bits per heavy atom. The molecular formula is C43H50F3N3O13. The van der Waals surface area contributed by atoms with Crippen molar-refractivity contribution in [3.05, 3.63) is 76.9 Å². The van der Waals surface area contributed by atoms with Gasteiger partial charge in [-0.05, 0) is 62.4 Å². The number of fused-ring (bicyclic) bond motifs is 5. The first-order valence-corrected chi connectivity index (χ1v) is 20.4. The fourth-order valence-electron chi connectivity index (χ4n) is 8.90. The van der Waals surface area contributed by atoms with E-state index in [9.17, 15) is 47.4 Å². The van der Waals surface area contributed by atoms with Crippen LogP contribution in [0.25, 0.3) is 6.08 Å². The van der Waals surface area contributed by atoms with Gasteiger partial charge in [0, 0.05) is 31.8 Å². The summed E-state index contributed by atoms with van der Waals surface area (Å²) in [5.74, 6) is -5.32. The molecule has 2 bridgehead atoms. The number of carbonyl (C=O) groups excluding carboxylic acids is 5. The quantitative estimate of drug-likeness (QED) is 0.122. The van der Waals surface area contributed by atoms with Gasteiger partial charge >= 0.3 is 24.1 Å². The summed E-state index contributed by atoms with van der Waals surface area (Å²) in [6, 6.07) is 10.3. The summed E-state index contributed by atoms with van der Waals surface area (Å²) in [5, 5.41) is 27.5. The third-order valence-electron chi connectivity index (χ3n) is 11.6. The zero-order valence-electron chi connectivity index (χ0n) is 34.5. The first-order chi connectivity index (χ1) is 29.2. The van der Waals surface area contributed by atoms with Crippen molar-refractivity contribution in [2.75, 3.05) is 13.2 Å². The minimum absolute atomic E-state index is 0.000171. The molecule has 0 radical (unpaired) electrons. The van der Waals surface area contributed by atoms with E-state index in [0.29, 0.717) is 24.0 Å². The standard InChI is InChI=1S/C43H50F3N3O13/c1-23(51)32(37(54)47-28(21-50)14-16-31(53)59-40(2,3)4)48-39(56)42-19-29-33-34(61-41(60-33)17-26-7-5-6-8-27(26)18-41)36(42)62-49(35(42)38(55)58-29)20-25-11-9-24(10-12-25)13-15-30(52)57-22-43(44,45)46/h5-13,15,23,28-29,32-36,50-51H,14,16-22H2,1-4H3,(H,47,54)(H,48,56)/t23-,28-,29+,32+,33-,34-,35-,36+,42-/m0/s1. The van der Waals surface area contributed by atoms with Crippen LogP contribution in [-0.4, -0.2) is 124 Å².